The van der Waals surface area contributed by atoms with Crippen LogP contribution < -0.4 is 0 Å². The van der Waals surface area contributed by atoms with E-state index in [1.54, 1.807) is 0 Å². The summed E-state index contributed by atoms with van der Waals surface area (Å²) in [6.07, 6.45) is 3.02. The SMILES string of the molecule is C=Cc1c(CC)cccc1-c1cc(C)cc(C)c1. The van der Waals surface area contributed by atoms with Crippen LogP contribution in [0.25, 0.3) is 17.2 Å². The minimum absolute atomic E-state index is 1.04. The van der Waals surface area contributed by atoms with Crippen molar-refractivity contribution < 1.29 is 0 Å². The molecule has 92 valence electrons. The largest absolute Gasteiger partial charge is 0.0984 e. The molecule has 0 aliphatic heterocycles. The van der Waals surface area contributed by atoms with Gasteiger partial charge in [-0.05, 0) is 42.5 Å². The van der Waals surface area contributed by atoms with Gasteiger partial charge < -0.3 is 0 Å². The lowest BCUT2D eigenvalue weighted by atomic mass is 9.92. The van der Waals surface area contributed by atoms with Gasteiger partial charge in [-0.3, -0.25) is 0 Å². The summed E-state index contributed by atoms with van der Waals surface area (Å²) >= 11 is 0. The summed E-state index contributed by atoms with van der Waals surface area (Å²) < 4.78 is 0. The molecule has 0 heteroatoms. The molecule has 0 aromatic heterocycles. The van der Waals surface area contributed by atoms with E-state index in [1.165, 1.54) is 33.4 Å². The highest BCUT2D eigenvalue weighted by molar-refractivity contribution is 5.77. The van der Waals surface area contributed by atoms with Crippen molar-refractivity contribution in [1.82, 2.24) is 0 Å². The number of benzene rings is 2. The van der Waals surface area contributed by atoms with E-state index >= 15 is 0 Å². The van der Waals surface area contributed by atoms with Crippen molar-refractivity contribution >= 4 is 6.08 Å². The van der Waals surface area contributed by atoms with Gasteiger partial charge in [-0.2, -0.15) is 0 Å². The molecule has 0 N–H and O–H groups in total. The summed E-state index contributed by atoms with van der Waals surface area (Å²) in [5.41, 5.74) is 7.82. The summed E-state index contributed by atoms with van der Waals surface area (Å²) in [5, 5.41) is 0. The van der Waals surface area contributed by atoms with Crippen LogP contribution in [0, 0.1) is 13.8 Å². The second kappa shape index (κ2) is 5.22. The third kappa shape index (κ3) is 2.38. The lowest BCUT2D eigenvalue weighted by molar-refractivity contribution is 1.13. The molecule has 0 aliphatic carbocycles. The standard InChI is InChI=1S/C18H20/c1-5-15-8-7-9-18(17(15)6-2)16-11-13(3)10-14(4)12-16/h6-12H,2,5H2,1,3-4H3. The first-order valence-corrected chi connectivity index (χ1v) is 6.48. The molecule has 2 aromatic rings. The maximum absolute atomic E-state index is 3.97. The van der Waals surface area contributed by atoms with Gasteiger partial charge in [-0.1, -0.05) is 67.1 Å². The third-order valence-electron chi connectivity index (χ3n) is 3.31. The summed E-state index contributed by atoms with van der Waals surface area (Å²) in [5.74, 6) is 0. The van der Waals surface area contributed by atoms with Crippen LogP contribution in [0.2, 0.25) is 0 Å². The molecule has 18 heavy (non-hydrogen) atoms. The molecule has 0 spiro atoms. The van der Waals surface area contributed by atoms with Crippen LogP contribution in [-0.4, -0.2) is 0 Å². The van der Waals surface area contributed by atoms with E-state index in [4.69, 9.17) is 0 Å². The van der Waals surface area contributed by atoms with Crippen LogP contribution in [0.3, 0.4) is 0 Å². The zero-order valence-corrected chi connectivity index (χ0v) is 11.5. The Morgan fingerprint density at radius 2 is 1.72 bits per heavy atom. The van der Waals surface area contributed by atoms with Crippen LogP contribution >= 0.6 is 0 Å². The van der Waals surface area contributed by atoms with Gasteiger partial charge in [0.25, 0.3) is 0 Å². The van der Waals surface area contributed by atoms with Crippen LogP contribution in [0.4, 0.5) is 0 Å². The Morgan fingerprint density at radius 1 is 1.06 bits per heavy atom. The number of rotatable bonds is 3. The minimum Gasteiger partial charge on any atom is -0.0984 e. The Labute approximate surface area is 110 Å². The Hall–Kier alpha value is -1.82. The molecule has 0 atom stereocenters. The quantitative estimate of drug-likeness (QED) is 0.689. The molecule has 2 rings (SSSR count). The first-order valence-electron chi connectivity index (χ1n) is 6.48. The average Bonchev–Trinajstić information content (AvgIpc) is 2.36. The molecular formula is C18H20. The summed E-state index contributed by atoms with van der Waals surface area (Å²) in [6, 6.07) is 13.2. The van der Waals surface area contributed by atoms with E-state index in [-0.39, 0.29) is 0 Å². The topological polar surface area (TPSA) is 0 Å². The Kier molecular flexibility index (Phi) is 3.66. The second-order valence-corrected chi connectivity index (χ2v) is 4.81. The molecule has 0 heterocycles. The van der Waals surface area contributed by atoms with E-state index in [9.17, 15) is 0 Å². The fraction of sp³-hybridized carbons (Fsp3) is 0.222. The van der Waals surface area contributed by atoms with Gasteiger partial charge in [-0.15, -0.1) is 0 Å². The van der Waals surface area contributed by atoms with E-state index in [2.05, 4.69) is 63.7 Å². The Morgan fingerprint density at radius 3 is 2.28 bits per heavy atom. The maximum Gasteiger partial charge on any atom is -0.0109 e. The van der Waals surface area contributed by atoms with Gasteiger partial charge >= 0.3 is 0 Å². The van der Waals surface area contributed by atoms with E-state index in [1.807, 2.05) is 6.08 Å². The monoisotopic (exact) mass is 236 g/mol. The lowest BCUT2D eigenvalue weighted by Crippen LogP contribution is -1.91. The highest BCUT2D eigenvalue weighted by atomic mass is 14.1. The number of hydrogen-bond donors (Lipinski definition) is 0. The molecule has 0 amide bonds. The highest BCUT2D eigenvalue weighted by Gasteiger charge is 2.07. The molecule has 0 bridgehead atoms. The summed E-state index contributed by atoms with van der Waals surface area (Å²) in [6.45, 7) is 10.5. The van der Waals surface area contributed by atoms with Gasteiger partial charge in [0.05, 0.1) is 0 Å². The van der Waals surface area contributed by atoms with E-state index in [0.29, 0.717) is 0 Å². The van der Waals surface area contributed by atoms with Crippen molar-refractivity contribution in [2.45, 2.75) is 27.2 Å². The van der Waals surface area contributed by atoms with Crippen molar-refractivity contribution in [1.29, 1.82) is 0 Å². The normalized spacial score (nSPS) is 10.4. The fourth-order valence-electron chi connectivity index (χ4n) is 2.54. The molecular weight excluding hydrogens is 216 g/mol. The molecule has 2 aromatic carbocycles. The third-order valence-corrected chi connectivity index (χ3v) is 3.31. The minimum atomic E-state index is 1.04. The van der Waals surface area contributed by atoms with Crippen LogP contribution in [0.5, 0.6) is 0 Å². The van der Waals surface area contributed by atoms with E-state index in [0.717, 1.165) is 6.42 Å². The van der Waals surface area contributed by atoms with E-state index < -0.39 is 0 Å². The Bertz CT molecular complexity index is 556. The van der Waals surface area contributed by atoms with Crippen molar-refractivity contribution in [2.24, 2.45) is 0 Å². The van der Waals surface area contributed by atoms with Crippen molar-refractivity contribution in [3.63, 3.8) is 0 Å². The molecule has 0 nitrogen and oxygen atoms in total. The van der Waals surface area contributed by atoms with Gasteiger partial charge in [0.1, 0.15) is 0 Å². The molecule has 0 radical (unpaired) electrons. The van der Waals surface area contributed by atoms with Gasteiger partial charge in [0.2, 0.25) is 0 Å². The number of aryl methyl sites for hydroxylation is 3. The first kappa shape index (κ1) is 12.6. The predicted molar refractivity (Wildman–Crippen MR) is 80.8 cm³/mol. The van der Waals surface area contributed by atoms with Gasteiger partial charge in [-0.25, -0.2) is 0 Å². The number of hydrogen-bond acceptors (Lipinski definition) is 0. The van der Waals surface area contributed by atoms with Crippen LogP contribution in [0.15, 0.2) is 43.0 Å². The molecule has 0 saturated carbocycles. The van der Waals surface area contributed by atoms with Gasteiger partial charge in [0.15, 0.2) is 0 Å². The predicted octanol–water partition coefficient (Wildman–Crippen LogP) is 5.18. The molecule has 0 unspecified atom stereocenters. The summed E-state index contributed by atoms with van der Waals surface area (Å²) in [4.78, 5) is 0. The maximum atomic E-state index is 3.97. The second-order valence-electron chi connectivity index (χ2n) is 4.81. The van der Waals surface area contributed by atoms with Gasteiger partial charge in [0, 0.05) is 0 Å². The van der Waals surface area contributed by atoms with Crippen molar-refractivity contribution in [3.8, 4) is 11.1 Å². The van der Waals surface area contributed by atoms with Crippen LogP contribution in [-0.2, 0) is 6.42 Å². The van der Waals surface area contributed by atoms with Crippen molar-refractivity contribution in [2.75, 3.05) is 0 Å². The smallest absolute Gasteiger partial charge is 0.0109 e. The Balaban J connectivity index is 2.66. The molecule has 0 aliphatic rings. The fourth-order valence-corrected chi connectivity index (χ4v) is 2.54. The molecule has 0 fully saturated rings. The zero-order valence-electron chi connectivity index (χ0n) is 11.5. The lowest BCUT2D eigenvalue weighted by Gasteiger charge is -2.12. The first-order chi connectivity index (χ1) is 8.65. The highest BCUT2D eigenvalue weighted by Crippen LogP contribution is 2.29. The van der Waals surface area contributed by atoms with Crippen LogP contribution in [0.1, 0.15) is 29.2 Å². The van der Waals surface area contributed by atoms with Crippen molar-refractivity contribution in [3.05, 3.63) is 65.2 Å². The molecule has 0 saturated heterocycles. The summed E-state index contributed by atoms with van der Waals surface area (Å²) in [7, 11) is 0. The average molecular weight is 236 g/mol. The zero-order chi connectivity index (χ0) is 13.1.